The summed E-state index contributed by atoms with van der Waals surface area (Å²) in [5.41, 5.74) is 1.29. The van der Waals surface area contributed by atoms with Crippen LogP contribution >= 0.6 is 11.6 Å². The van der Waals surface area contributed by atoms with Crippen molar-refractivity contribution in [3.63, 3.8) is 0 Å². The third-order valence-electron chi connectivity index (χ3n) is 3.95. The Hall–Kier alpha value is -2.74. The minimum absolute atomic E-state index is 0.0384. The Labute approximate surface area is 162 Å². The van der Waals surface area contributed by atoms with Gasteiger partial charge in [0.05, 0.1) is 12.3 Å². The van der Waals surface area contributed by atoms with Crippen LogP contribution in [-0.4, -0.2) is 23.7 Å². The van der Waals surface area contributed by atoms with Crippen molar-refractivity contribution in [3.8, 4) is 5.75 Å². The Bertz CT molecular complexity index is 1000. The van der Waals surface area contributed by atoms with Gasteiger partial charge in [0.2, 0.25) is 0 Å². The van der Waals surface area contributed by atoms with E-state index >= 15 is 0 Å². The zero-order chi connectivity index (χ0) is 20.3. The van der Waals surface area contributed by atoms with E-state index in [4.69, 9.17) is 16.3 Å². The molecule has 2 aromatic carbocycles. The lowest BCUT2D eigenvalue weighted by Crippen LogP contribution is -2.12. The summed E-state index contributed by atoms with van der Waals surface area (Å²) in [6.07, 6.45) is -3.98. The molecule has 0 saturated heterocycles. The minimum atomic E-state index is -4.28. The highest BCUT2D eigenvalue weighted by atomic mass is 35.5. The van der Waals surface area contributed by atoms with Crippen molar-refractivity contribution in [2.45, 2.75) is 19.0 Å². The smallest absolute Gasteiger partial charge is 0.389 e. The summed E-state index contributed by atoms with van der Waals surface area (Å²) in [6.45, 7) is -0.280. The van der Waals surface area contributed by atoms with Crippen LogP contribution < -0.4 is 10.1 Å². The Morgan fingerprint density at radius 1 is 1.18 bits per heavy atom. The molecule has 9 heteroatoms. The first kappa shape index (κ1) is 20.0. The van der Waals surface area contributed by atoms with E-state index in [0.29, 0.717) is 16.1 Å². The highest BCUT2D eigenvalue weighted by Crippen LogP contribution is 2.27. The number of rotatable bonds is 6. The maximum Gasteiger partial charge on any atom is 0.389 e. The van der Waals surface area contributed by atoms with Crippen molar-refractivity contribution in [2.24, 2.45) is 0 Å². The average molecular weight is 415 g/mol. The summed E-state index contributed by atoms with van der Waals surface area (Å²) < 4.78 is 55.4. The fourth-order valence-corrected chi connectivity index (χ4v) is 2.78. The van der Waals surface area contributed by atoms with Crippen molar-refractivity contribution in [1.29, 1.82) is 0 Å². The predicted octanol–water partition coefficient (Wildman–Crippen LogP) is 5.93. The number of H-pyrrole nitrogens is 1. The SMILES string of the molecule is O=C(Nc1c[nH]c2ccc(Cl)cc12)c1ccc(OCCCC(F)(F)F)c(F)c1. The number of hydrogen-bond donors (Lipinski definition) is 2. The molecule has 0 bridgehead atoms. The number of hydrogen-bond acceptors (Lipinski definition) is 2. The fourth-order valence-electron chi connectivity index (χ4n) is 2.60. The van der Waals surface area contributed by atoms with Crippen LogP contribution in [0.5, 0.6) is 5.75 Å². The maximum atomic E-state index is 14.1. The highest BCUT2D eigenvalue weighted by molar-refractivity contribution is 6.31. The number of ether oxygens (including phenoxy) is 1. The topological polar surface area (TPSA) is 54.1 Å². The number of anilines is 1. The number of benzene rings is 2. The van der Waals surface area contributed by atoms with Gasteiger partial charge in [0, 0.05) is 34.1 Å². The van der Waals surface area contributed by atoms with Gasteiger partial charge >= 0.3 is 6.18 Å². The fraction of sp³-hybridized carbons (Fsp3) is 0.211. The molecule has 0 aliphatic carbocycles. The van der Waals surface area contributed by atoms with Crippen molar-refractivity contribution in [1.82, 2.24) is 4.98 Å². The van der Waals surface area contributed by atoms with Crippen molar-refractivity contribution in [3.05, 3.63) is 59.0 Å². The van der Waals surface area contributed by atoms with Crippen LogP contribution in [0.1, 0.15) is 23.2 Å². The normalized spacial score (nSPS) is 11.6. The number of aromatic nitrogens is 1. The number of halogens is 5. The Morgan fingerprint density at radius 2 is 1.96 bits per heavy atom. The minimum Gasteiger partial charge on any atom is -0.491 e. The molecule has 0 radical (unpaired) electrons. The number of alkyl halides is 3. The van der Waals surface area contributed by atoms with Gasteiger partial charge in [-0.15, -0.1) is 0 Å². The summed E-state index contributed by atoms with van der Waals surface area (Å²) in [5, 5.41) is 3.86. The predicted molar refractivity (Wildman–Crippen MR) is 98.4 cm³/mol. The Kier molecular flexibility index (Phi) is 5.79. The molecular weight excluding hydrogens is 400 g/mol. The molecule has 28 heavy (non-hydrogen) atoms. The molecule has 0 fully saturated rings. The summed E-state index contributed by atoms with van der Waals surface area (Å²) in [7, 11) is 0. The molecule has 0 saturated carbocycles. The van der Waals surface area contributed by atoms with E-state index in [1.54, 1.807) is 24.4 Å². The first-order valence-electron chi connectivity index (χ1n) is 8.30. The number of carbonyl (C=O) groups excluding carboxylic acids is 1. The van der Waals surface area contributed by atoms with Gasteiger partial charge in [-0.25, -0.2) is 4.39 Å². The molecule has 0 spiro atoms. The van der Waals surface area contributed by atoms with E-state index < -0.39 is 24.3 Å². The molecule has 0 aliphatic rings. The number of nitrogens with one attached hydrogen (secondary N) is 2. The first-order valence-corrected chi connectivity index (χ1v) is 8.68. The number of carbonyl (C=O) groups is 1. The third kappa shape index (κ3) is 4.95. The molecule has 0 unspecified atom stereocenters. The lowest BCUT2D eigenvalue weighted by Gasteiger charge is -2.10. The van der Waals surface area contributed by atoms with Crippen LogP contribution in [-0.2, 0) is 0 Å². The van der Waals surface area contributed by atoms with Gasteiger partial charge in [0.15, 0.2) is 11.6 Å². The summed E-state index contributed by atoms with van der Waals surface area (Å²) in [5.74, 6) is -1.59. The van der Waals surface area contributed by atoms with Crippen molar-refractivity contribution >= 4 is 34.1 Å². The van der Waals surface area contributed by atoms with E-state index in [9.17, 15) is 22.4 Å². The van der Waals surface area contributed by atoms with E-state index in [0.717, 1.165) is 11.6 Å². The molecule has 3 rings (SSSR count). The lowest BCUT2D eigenvalue weighted by molar-refractivity contribution is -0.136. The quantitative estimate of drug-likeness (QED) is 0.388. The van der Waals surface area contributed by atoms with Crippen LogP contribution in [0.2, 0.25) is 5.02 Å². The third-order valence-corrected chi connectivity index (χ3v) is 4.18. The van der Waals surface area contributed by atoms with E-state index in [2.05, 4.69) is 10.3 Å². The van der Waals surface area contributed by atoms with Gasteiger partial charge in [-0.1, -0.05) is 11.6 Å². The zero-order valence-corrected chi connectivity index (χ0v) is 15.1. The molecular formula is C19H15ClF4N2O2. The molecule has 0 atom stereocenters. The second kappa shape index (κ2) is 8.10. The molecule has 4 nitrogen and oxygen atoms in total. The average Bonchev–Trinajstić information content (AvgIpc) is 3.01. The molecule has 0 aliphatic heterocycles. The number of aromatic amines is 1. The van der Waals surface area contributed by atoms with Gasteiger partial charge in [-0.2, -0.15) is 13.2 Å². The first-order chi connectivity index (χ1) is 13.2. The van der Waals surface area contributed by atoms with Gasteiger partial charge in [-0.3, -0.25) is 4.79 Å². The van der Waals surface area contributed by atoms with Gasteiger partial charge in [0.1, 0.15) is 0 Å². The highest BCUT2D eigenvalue weighted by Gasteiger charge is 2.26. The van der Waals surface area contributed by atoms with Crippen LogP contribution in [0.15, 0.2) is 42.6 Å². The Balaban J connectivity index is 1.65. The van der Waals surface area contributed by atoms with Crippen molar-refractivity contribution < 1.29 is 27.1 Å². The molecule has 1 heterocycles. The molecule has 2 N–H and O–H groups in total. The summed E-state index contributed by atoms with van der Waals surface area (Å²) >= 11 is 5.96. The maximum absolute atomic E-state index is 14.1. The van der Waals surface area contributed by atoms with E-state index in [1.807, 2.05) is 0 Å². The second-order valence-electron chi connectivity index (χ2n) is 6.06. The summed E-state index contributed by atoms with van der Waals surface area (Å²) in [6, 6.07) is 8.66. The monoisotopic (exact) mass is 414 g/mol. The van der Waals surface area contributed by atoms with Crippen LogP contribution in [0.4, 0.5) is 23.2 Å². The second-order valence-corrected chi connectivity index (χ2v) is 6.50. The zero-order valence-electron chi connectivity index (χ0n) is 14.4. The number of amides is 1. The summed E-state index contributed by atoms with van der Waals surface area (Å²) in [4.78, 5) is 15.4. The van der Waals surface area contributed by atoms with E-state index in [-0.39, 0.29) is 24.3 Å². The lowest BCUT2D eigenvalue weighted by atomic mass is 10.2. The molecule has 1 aromatic heterocycles. The van der Waals surface area contributed by atoms with E-state index in [1.165, 1.54) is 12.1 Å². The molecule has 3 aromatic rings. The van der Waals surface area contributed by atoms with Gasteiger partial charge < -0.3 is 15.0 Å². The largest absolute Gasteiger partial charge is 0.491 e. The van der Waals surface area contributed by atoms with Crippen molar-refractivity contribution in [2.75, 3.05) is 11.9 Å². The Morgan fingerprint density at radius 3 is 2.68 bits per heavy atom. The van der Waals surface area contributed by atoms with Crippen LogP contribution in [0.25, 0.3) is 10.9 Å². The molecule has 148 valence electrons. The van der Waals surface area contributed by atoms with Crippen LogP contribution in [0, 0.1) is 5.82 Å². The molecule has 1 amide bonds. The standard InChI is InChI=1S/C19H15ClF4N2O2/c20-12-3-4-15-13(9-12)16(10-25-15)26-18(27)11-2-5-17(14(21)8-11)28-7-1-6-19(22,23)24/h2-5,8-10,25H,1,6-7H2,(H,26,27). The van der Waals surface area contributed by atoms with Crippen LogP contribution in [0.3, 0.4) is 0 Å². The van der Waals surface area contributed by atoms with Gasteiger partial charge in [-0.05, 0) is 42.8 Å². The number of fused-ring (bicyclic) bond motifs is 1. The van der Waals surface area contributed by atoms with Gasteiger partial charge in [0.25, 0.3) is 5.91 Å².